The number of sulfone groups is 1. The molecule has 3 atom stereocenters. The number of hydrogen-bond donors (Lipinski definition) is 1. The molecule has 220 valence electrons. The van der Waals surface area contributed by atoms with Gasteiger partial charge in [0.1, 0.15) is 20.7 Å². The van der Waals surface area contributed by atoms with E-state index in [-0.39, 0.29) is 40.6 Å². The maximum absolute atomic E-state index is 15.1. The SMILES string of the molecule is C[C@]1(C(=O)N[C@H]2C[C@H](S(C)(=O)=O)C2)[C@H](c2ccc(N3C[C@@](C)(C(F)(F)F)c4c3cnc3cc(Cl)nn43)cc2)C1(F)F. The van der Waals surface area contributed by atoms with Crippen molar-refractivity contribution in [2.45, 2.75) is 61.4 Å². The topological polar surface area (TPSA) is 96.7 Å². The second kappa shape index (κ2) is 8.52. The van der Waals surface area contributed by atoms with Gasteiger partial charge in [-0.3, -0.25) is 4.79 Å². The number of aromatic nitrogens is 3. The van der Waals surface area contributed by atoms with Crippen LogP contribution in [0.15, 0.2) is 36.5 Å². The van der Waals surface area contributed by atoms with Crippen molar-refractivity contribution in [3.63, 3.8) is 0 Å². The molecule has 1 aliphatic heterocycles. The zero-order valence-electron chi connectivity index (χ0n) is 22.0. The molecule has 0 radical (unpaired) electrons. The zero-order valence-corrected chi connectivity index (χ0v) is 23.6. The summed E-state index contributed by atoms with van der Waals surface area (Å²) in [6.45, 7) is 1.72. The number of benzene rings is 1. The summed E-state index contributed by atoms with van der Waals surface area (Å²) in [7, 11) is -3.27. The van der Waals surface area contributed by atoms with Gasteiger partial charge in [0.15, 0.2) is 10.8 Å². The molecule has 6 rings (SSSR count). The van der Waals surface area contributed by atoms with Crippen molar-refractivity contribution in [1.82, 2.24) is 19.9 Å². The van der Waals surface area contributed by atoms with Gasteiger partial charge in [-0.25, -0.2) is 26.7 Å². The van der Waals surface area contributed by atoms with Gasteiger partial charge in [0, 0.05) is 30.6 Å². The Labute approximate surface area is 236 Å². The lowest BCUT2D eigenvalue weighted by molar-refractivity contribution is -0.181. The fourth-order valence-corrected chi connectivity index (χ4v) is 7.45. The largest absolute Gasteiger partial charge is 0.401 e. The Hall–Kier alpha value is -3.00. The smallest absolute Gasteiger partial charge is 0.353 e. The summed E-state index contributed by atoms with van der Waals surface area (Å²) in [5, 5.41) is 5.95. The summed E-state index contributed by atoms with van der Waals surface area (Å²) in [6.07, 6.45) is -1.91. The molecule has 0 saturated heterocycles. The number of halogens is 6. The van der Waals surface area contributed by atoms with E-state index in [0.29, 0.717) is 5.69 Å². The molecule has 1 amide bonds. The molecule has 0 spiro atoms. The third-order valence-electron chi connectivity index (χ3n) is 8.94. The lowest BCUT2D eigenvalue weighted by atomic mass is 9.87. The van der Waals surface area contributed by atoms with Gasteiger partial charge >= 0.3 is 6.18 Å². The first-order valence-corrected chi connectivity index (χ1v) is 15.1. The fourth-order valence-electron chi connectivity index (χ4n) is 6.11. The van der Waals surface area contributed by atoms with Gasteiger partial charge in [0.05, 0.1) is 28.7 Å². The maximum atomic E-state index is 15.1. The number of fused-ring (bicyclic) bond motifs is 3. The highest BCUT2D eigenvalue weighted by Crippen LogP contribution is 2.71. The number of rotatable bonds is 5. The summed E-state index contributed by atoms with van der Waals surface area (Å²) in [5.41, 5.74) is -3.74. The van der Waals surface area contributed by atoms with E-state index in [1.807, 2.05) is 0 Å². The molecule has 1 N–H and O–H groups in total. The van der Waals surface area contributed by atoms with Crippen LogP contribution in [0.25, 0.3) is 5.65 Å². The van der Waals surface area contributed by atoms with Gasteiger partial charge in [-0.1, -0.05) is 23.7 Å². The minimum atomic E-state index is -4.66. The number of carbonyl (C=O) groups excluding carboxylic acids is 1. The summed E-state index contributed by atoms with van der Waals surface area (Å²) < 4.78 is 97.7. The number of nitrogens with zero attached hydrogens (tertiary/aromatic N) is 4. The summed E-state index contributed by atoms with van der Waals surface area (Å²) in [5.74, 6) is -5.69. The molecule has 2 saturated carbocycles. The quantitative estimate of drug-likeness (QED) is 0.414. The molecule has 3 aliphatic rings. The maximum Gasteiger partial charge on any atom is 0.401 e. The second-order valence-electron chi connectivity index (χ2n) is 11.6. The van der Waals surface area contributed by atoms with Crippen molar-refractivity contribution in [3.05, 3.63) is 52.9 Å². The Morgan fingerprint density at radius 2 is 1.78 bits per heavy atom. The predicted octanol–water partition coefficient (Wildman–Crippen LogP) is 4.79. The van der Waals surface area contributed by atoms with Crippen LogP contribution in [0.1, 0.15) is 43.9 Å². The summed E-state index contributed by atoms with van der Waals surface area (Å²) in [4.78, 5) is 18.5. The molecule has 2 aliphatic carbocycles. The van der Waals surface area contributed by atoms with Gasteiger partial charge in [-0.2, -0.15) is 18.3 Å². The van der Waals surface area contributed by atoms with Crippen molar-refractivity contribution in [2.75, 3.05) is 17.7 Å². The minimum absolute atomic E-state index is 0.0109. The average molecular weight is 618 g/mol. The molecule has 15 heteroatoms. The van der Waals surface area contributed by atoms with E-state index in [4.69, 9.17) is 11.6 Å². The highest BCUT2D eigenvalue weighted by atomic mass is 35.5. The van der Waals surface area contributed by atoms with Gasteiger partial charge < -0.3 is 10.2 Å². The van der Waals surface area contributed by atoms with Gasteiger partial charge in [0.25, 0.3) is 5.92 Å². The van der Waals surface area contributed by atoms with Crippen molar-refractivity contribution >= 4 is 44.4 Å². The molecule has 3 heterocycles. The molecule has 1 aromatic carbocycles. The minimum Gasteiger partial charge on any atom is -0.353 e. The highest BCUT2D eigenvalue weighted by Gasteiger charge is 2.82. The van der Waals surface area contributed by atoms with Crippen LogP contribution in [0, 0.1) is 5.41 Å². The van der Waals surface area contributed by atoms with Crippen LogP contribution >= 0.6 is 11.6 Å². The molecule has 0 bridgehead atoms. The Balaban J connectivity index is 1.26. The zero-order chi connectivity index (χ0) is 29.9. The Morgan fingerprint density at radius 1 is 1.15 bits per heavy atom. The number of hydrogen-bond acceptors (Lipinski definition) is 6. The molecule has 0 unspecified atom stereocenters. The highest BCUT2D eigenvalue weighted by molar-refractivity contribution is 7.91. The second-order valence-corrected chi connectivity index (χ2v) is 14.3. The molecule has 3 aromatic rings. The van der Waals surface area contributed by atoms with Crippen LogP contribution in [0.2, 0.25) is 5.15 Å². The Morgan fingerprint density at radius 3 is 2.37 bits per heavy atom. The molecule has 8 nitrogen and oxygen atoms in total. The summed E-state index contributed by atoms with van der Waals surface area (Å²) >= 11 is 5.95. The third kappa shape index (κ3) is 3.96. The number of amides is 1. The molecular weight excluding hydrogens is 593 g/mol. The predicted molar refractivity (Wildman–Crippen MR) is 140 cm³/mol. The van der Waals surface area contributed by atoms with E-state index in [1.165, 1.54) is 41.4 Å². The lowest BCUT2D eigenvalue weighted by Crippen LogP contribution is -2.51. The number of anilines is 2. The van der Waals surface area contributed by atoms with Crippen molar-refractivity contribution < 1.29 is 35.2 Å². The monoisotopic (exact) mass is 617 g/mol. The molecule has 2 fully saturated rings. The normalized spacial score (nSPS) is 30.7. The average Bonchev–Trinajstić information content (AvgIpc) is 3.12. The number of carbonyl (C=O) groups is 1. The Kier molecular flexibility index (Phi) is 5.85. The van der Waals surface area contributed by atoms with E-state index in [1.54, 1.807) is 0 Å². The van der Waals surface area contributed by atoms with E-state index >= 15 is 8.78 Å². The van der Waals surface area contributed by atoms with Crippen molar-refractivity contribution in [2.24, 2.45) is 5.41 Å². The number of nitrogens with one attached hydrogen (secondary N) is 1. The van der Waals surface area contributed by atoms with E-state index < -0.39 is 62.4 Å². The molecule has 2 aromatic heterocycles. The van der Waals surface area contributed by atoms with Crippen LogP contribution in [0.3, 0.4) is 0 Å². The van der Waals surface area contributed by atoms with Gasteiger partial charge in [0.2, 0.25) is 5.91 Å². The van der Waals surface area contributed by atoms with Crippen molar-refractivity contribution in [1.29, 1.82) is 0 Å². The lowest BCUT2D eigenvalue weighted by Gasteiger charge is -2.35. The van der Waals surface area contributed by atoms with Crippen LogP contribution < -0.4 is 10.2 Å². The molecule has 41 heavy (non-hydrogen) atoms. The van der Waals surface area contributed by atoms with Gasteiger partial charge in [-0.05, 0) is 44.4 Å². The third-order valence-corrected chi connectivity index (χ3v) is 10.7. The fraction of sp³-hybridized carbons (Fsp3) is 0.500. The van der Waals surface area contributed by atoms with Crippen LogP contribution in [0.4, 0.5) is 33.3 Å². The van der Waals surface area contributed by atoms with Crippen LogP contribution in [0.5, 0.6) is 0 Å². The van der Waals surface area contributed by atoms with Gasteiger partial charge in [-0.15, -0.1) is 0 Å². The summed E-state index contributed by atoms with van der Waals surface area (Å²) in [6, 6.07) is 6.51. The van der Waals surface area contributed by atoms with Crippen LogP contribution in [-0.2, 0) is 20.0 Å². The Bertz CT molecular complexity index is 1690. The van der Waals surface area contributed by atoms with Crippen LogP contribution in [-0.4, -0.2) is 65.1 Å². The van der Waals surface area contributed by atoms with Crippen molar-refractivity contribution in [3.8, 4) is 0 Å². The van der Waals surface area contributed by atoms with E-state index in [0.717, 1.165) is 24.6 Å². The van der Waals surface area contributed by atoms with E-state index in [2.05, 4.69) is 15.4 Å². The first-order valence-electron chi connectivity index (χ1n) is 12.8. The first kappa shape index (κ1) is 28.1. The first-order chi connectivity index (χ1) is 18.9. The number of alkyl halides is 5. The standard InChI is InChI=1S/C26H25ClF5N5O3S/c1-23(26(30,31)32)12-36(17-11-33-19-10-18(27)35-37(19)21(17)23)15-6-4-13(5-7-15)20-24(2,25(20,28)29)22(38)34-14-8-16(9-14)41(3,39)40/h4-7,10-11,14,16,20H,8-9,12H2,1-3H3,(H,34,38)/t14-,16-,20-,23+,24+/m0/s1. The van der Waals surface area contributed by atoms with E-state index in [9.17, 15) is 26.4 Å². The molecular formula is C26H25ClF5N5O3S.